The normalized spacial score (nSPS) is 13.8. The van der Waals surface area contributed by atoms with Gasteiger partial charge in [-0.3, -0.25) is 4.68 Å². The van der Waals surface area contributed by atoms with Gasteiger partial charge in [-0.15, -0.1) is 11.3 Å². The number of rotatable bonds is 3. The molecule has 4 nitrogen and oxygen atoms in total. The van der Waals surface area contributed by atoms with Crippen molar-refractivity contribution in [2.24, 2.45) is 7.05 Å². The van der Waals surface area contributed by atoms with E-state index in [1.165, 1.54) is 4.68 Å². The maximum atomic E-state index is 12.5. The molecule has 2 aromatic rings. The van der Waals surface area contributed by atoms with Crippen molar-refractivity contribution >= 4 is 11.3 Å². The standard InChI is InChI=1S/C11H12F3N3OS/c1-3-7-6(5-17(2)16-7)9(18)8-4-15-10(19-8)11(12,13)14/h4-5,9,18H,3H2,1-2H3. The number of alkyl halides is 3. The molecule has 1 unspecified atom stereocenters. The Morgan fingerprint density at radius 2 is 2.16 bits per heavy atom. The Labute approximate surface area is 111 Å². The molecule has 0 amide bonds. The smallest absolute Gasteiger partial charge is 0.383 e. The fourth-order valence-corrected chi connectivity index (χ4v) is 2.54. The zero-order chi connectivity index (χ0) is 14.2. The van der Waals surface area contributed by atoms with Crippen LogP contribution in [-0.4, -0.2) is 19.9 Å². The van der Waals surface area contributed by atoms with Crippen LogP contribution >= 0.6 is 11.3 Å². The fourth-order valence-electron chi connectivity index (χ4n) is 1.75. The lowest BCUT2D eigenvalue weighted by Crippen LogP contribution is -2.03. The maximum absolute atomic E-state index is 12.5. The molecule has 0 aromatic carbocycles. The molecule has 1 atom stereocenters. The molecule has 19 heavy (non-hydrogen) atoms. The van der Waals surface area contributed by atoms with Gasteiger partial charge in [-0.2, -0.15) is 18.3 Å². The molecule has 1 N–H and O–H groups in total. The summed E-state index contributed by atoms with van der Waals surface area (Å²) in [7, 11) is 1.70. The van der Waals surface area contributed by atoms with Crippen molar-refractivity contribution in [2.75, 3.05) is 0 Å². The van der Waals surface area contributed by atoms with Gasteiger partial charge in [0.2, 0.25) is 0 Å². The van der Waals surface area contributed by atoms with E-state index >= 15 is 0 Å². The first-order valence-electron chi connectivity index (χ1n) is 5.56. The van der Waals surface area contributed by atoms with Crippen LogP contribution in [0.5, 0.6) is 0 Å². The number of hydrogen-bond donors (Lipinski definition) is 1. The van der Waals surface area contributed by atoms with Crippen molar-refractivity contribution in [1.82, 2.24) is 14.8 Å². The molecular formula is C11H12F3N3OS. The van der Waals surface area contributed by atoms with Crippen LogP contribution in [0.15, 0.2) is 12.4 Å². The lowest BCUT2D eigenvalue weighted by atomic mass is 10.1. The maximum Gasteiger partial charge on any atom is 0.443 e. The highest BCUT2D eigenvalue weighted by Gasteiger charge is 2.35. The van der Waals surface area contributed by atoms with E-state index in [-0.39, 0.29) is 4.88 Å². The average molecular weight is 291 g/mol. The molecule has 104 valence electrons. The molecule has 0 aliphatic heterocycles. The third-order valence-electron chi connectivity index (χ3n) is 2.60. The summed E-state index contributed by atoms with van der Waals surface area (Å²) in [5.74, 6) is 0. The van der Waals surface area contributed by atoms with E-state index in [1.807, 2.05) is 6.92 Å². The third-order valence-corrected chi connectivity index (χ3v) is 3.70. The molecule has 0 saturated heterocycles. The van der Waals surface area contributed by atoms with Gasteiger partial charge in [0.15, 0.2) is 5.01 Å². The summed E-state index contributed by atoms with van der Waals surface area (Å²) in [6.45, 7) is 1.87. The first-order valence-corrected chi connectivity index (χ1v) is 6.38. The lowest BCUT2D eigenvalue weighted by molar-refractivity contribution is -0.137. The van der Waals surface area contributed by atoms with Crippen LogP contribution in [0.25, 0.3) is 0 Å². The molecule has 0 fully saturated rings. The summed E-state index contributed by atoms with van der Waals surface area (Å²) in [4.78, 5) is 3.46. The highest BCUT2D eigenvalue weighted by molar-refractivity contribution is 7.11. The quantitative estimate of drug-likeness (QED) is 0.945. The second-order valence-corrected chi connectivity index (χ2v) is 5.09. The zero-order valence-corrected chi connectivity index (χ0v) is 11.1. The molecule has 0 bridgehead atoms. The molecule has 2 aromatic heterocycles. The Morgan fingerprint density at radius 1 is 1.47 bits per heavy atom. The third kappa shape index (κ3) is 2.79. The van der Waals surface area contributed by atoms with Gasteiger partial charge in [0.05, 0.1) is 10.6 Å². The average Bonchev–Trinajstić information content (AvgIpc) is 2.93. The molecule has 0 saturated carbocycles. The van der Waals surface area contributed by atoms with Crippen LogP contribution in [0, 0.1) is 0 Å². The van der Waals surface area contributed by atoms with Crippen molar-refractivity contribution in [3.63, 3.8) is 0 Å². The van der Waals surface area contributed by atoms with Gasteiger partial charge in [0.25, 0.3) is 0 Å². The van der Waals surface area contributed by atoms with Crippen molar-refractivity contribution in [2.45, 2.75) is 25.6 Å². The number of aliphatic hydroxyl groups is 1. The van der Waals surface area contributed by atoms with Crippen LogP contribution in [0.4, 0.5) is 13.2 Å². The van der Waals surface area contributed by atoms with E-state index < -0.39 is 17.3 Å². The number of nitrogens with zero attached hydrogens (tertiary/aromatic N) is 3. The monoisotopic (exact) mass is 291 g/mol. The van der Waals surface area contributed by atoms with Crippen molar-refractivity contribution in [3.05, 3.63) is 33.5 Å². The molecule has 0 aliphatic carbocycles. The van der Waals surface area contributed by atoms with Crippen molar-refractivity contribution in [1.29, 1.82) is 0 Å². The van der Waals surface area contributed by atoms with Crippen LogP contribution in [0.1, 0.15) is 34.2 Å². The minimum absolute atomic E-state index is 0.162. The minimum atomic E-state index is -4.48. The molecular weight excluding hydrogens is 279 g/mol. The molecule has 2 heterocycles. The van der Waals surface area contributed by atoms with Gasteiger partial charge in [0.1, 0.15) is 6.10 Å². The first kappa shape index (κ1) is 14.0. The Morgan fingerprint density at radius 3 is 2.68 bits per heavy atom. The second kappa shape index (κ2) is 4.93. The van der Waals surface area contributed by atoms with E-state index in [2.05, 4.69) is 10.1 Å². The van der Waals surface area contributed by atoms with Gasteiger partial charge in [-0.05, 0) is 6.42 Å². The Kier molecular flexibility index (Phi) is 3.64. The number of aryl methyl sites for hydroxylation is 2. The Bertz CT molecular complexity index is 576. The van der Waals surface area contributed by atoms with E-state index in [9.17, 15) is 18.3 Å². The van der Waals surface area contributed by atoms with Crippen LogP contribution in [-0.2, 0) is 19.6 Å². The lowest BCUT2D eigenvalue weighted by Gasteiger charge is -2.07. The Balaban J connectivity index is 2.33. The number of thiazole rings is 1. The molecule has 2 rings (SSSR count). The van der Waals surface area contributed by atoms with E-state index in [4.69, 9.17) is 0 Å². The van der Waals surface area contributed by atoms with Gasteiger partial charge in [0, 0.05) is 25.0 Å². The van der Waals surface area contributed by atoms with Crippen molar-refractivity contribution in [3.8, 4) is 0 Å². The van der Waals surface area contributed by atoms with E-state index in [0.29, 0.717) is 29.0 Å². The summed E-state index contributed by atoms with van der Waals surface area (Å²) >= 11 is 0.448. The number of aliphatic hydroxyl groups excluding tert-OH is 1. The summed E-state index contributed by atoms with van der Waals surface area (Å²) in [5.41, 5.74) is 1.18. The summed E-state index contributed by atoms with van der Waals surface area (Å²) in [6, 6.07) is 0. The van der Waals surface area contributed by atoms with Crippen LogP contribution in [0.2, 0.25) is 0 Å². The van der Waals surface area contributed by atoms with Crippen LogP contribution in [0.3, 0.4) is 0 Å². The molecule has 8 heteroatoms. The van der Waals surface area contributed by atoms with Crippen molar-refractivity contribution < 1.29 is 18.3 Å². The zero-order valence-electron chi connectivity index (χ0n) is 10.3. The van der Waals surface area contributed by atoms with Gasteiger partial charge in [-0.1, -0.05) is 6.92 Å². The molecule has 0 aliphatic rings. The van der Waals surface area contributed by atoms with Gasteiger partial charge in [-0.25, -0.2) is 4.98 Å². The van der Waals surface area contributed by atoms with Crippen LogP contribution < -0.4 is 0 Å². The predicted octanol–water partition coefficient (Wildman–Crippen LogP) is 2.54. The number of hydrogen-bond acceptors (Lipinski definition) is 4. The first-order chi connectivity index (χ1) is 8.82. The largest absolute Gasteiger partial charge is 0.443 e. The molecule has 0 spiro atoms. The molecule has 0 radical (unpaired) electrons. The topological polar surface area (TPSA) is 50.9 Å². The highest BCUT2D eigenvalue weighted by atomic mass is 32.1. The fraction of sp³-hybridized carbons (Fsp3) is 0.455. The van der Waals surface area contributed by atoms with Gasteiger partial charge >= 0.3 is 6.18 Å². The predicted molar refractivity (Wildman–Crippen MR) is 63.8 cm³/mol. The number of aromatic nitrogens is 3. The number of halogens is 3. The van der Waals surface area contributed by atoms with E-state index in [0.717, 1.165) is 6.20 Å². The second-order valence-electron chi connectivity index (χ2n) is 4.03. The highest BCUT2D eigenvalue weighted by Crippen LogP contribution is 2.36. The van der Waals surface area contributed by atoms with Gasteiger partial charge < -0.3 is 5.11 Å². The summed E-state index contributed by atoms with van der Waals surface area (Å²) in [6.07, 6.45) is -2.35. The Hall–Kier alpha value is -1.41. The summed E-state index contributed by atoms with van der Waals surface area (Å²) in [5, 5.41) is 13.3. The SMILES string of the molecule is CCc1nn(C)cc1C(O)c1cnc(C(F)(F)F)s1. The summed E-state index contributed by atoms with van der Waals surface area (Å²) < 4.78 is 38.9. The minimum Gasteiger partial charge on any atom is -0.383 e. The van der Waals surface area contributed by atoms with E-state index in [1.54, 1.807) is 13.2 Å².